The van der Waals surface area contributed by atoms with Crippen molar-refractivity contribution in [2.45, 2.75) is 180 Å². The predicted octanol–water partition coefficient (Wildman–Crippen LogP) is 10.0. The van der Waals surface area contributed by atoms with Gasteiger partial charge in [0.05, 0.1) is 23.1 Å². The highest BCUT2D eigenvalue weighted by atomic mass is 79.9. The van der Waals surface area contributed by atoms with Gasteiger partial charge in [-0.2, -0.15) is 0 Å². The summed E-state index contributed by atoms with van der Waals surface area (Å²) in [6.07, 6.45) is 27.2. The molecule has 0 aromatic rings. The second kappa shape index (κ2) is 17.4. The third-order valence-electron chi connectivity index (χ3n) is 19.9. The summed E-state index contributed by atoms with van der Waals surface area (Å²) in [6, 6.07) is 0. The monoisotopic (exact) mass is 855 g/mol. The maximum absolute atomic E-state index is 13.3. The van der Waals surface area contributed by atoms with Crippen molar-refractivity contribution >= 4 is 27.5 Å². The Bertz CT molecular complexity index is 1400. The van der Waals surface area contributed by atoms with Crippen molar-refractivity contribution in [3.63, 3.8) is 0 Å². The lowest BCUT2D eigenvalue weighted by molar-refractivity contribution is -0.133. The SMILES string of the molecule is C1CCNC1.C[C@@]1(O)CC[C@H]2[C@@H](CC[C@@H]3[C@@H]2CC[C@]2(C)[C@@H](C(=O)CBr)CC[C@@H]32)C1.C[C@@]1(O)CC[C@H]2[C@@H](CC[C@@H]3[C@@H]2CC[C@]2(C)[C@@H](C(=O)CN4CCCC4)CC[C@@H]32)C1. The molecule has 0 radical (unpaired) electrons. The van der Waals surface area contributed by atoms with E-state index in [9.17, 15) is 19.8 Å². The summed E-state index contributed by atoms with van der Waals surface area (Å²) in [6.45, 7) is 14.5. The first-order valence-corrected chi connectivity index (χ1v) is 25.8. The van der Waals surface area contributed by atoms with Gasteiger partial charge in [-0.15, -0.1) is 0 Å². The first-order chi connectivity index (χ1) is 27.2. The van der Waals surface area contributed by atoms with Gasteiger partial charge < -0.3 is 15.5 Å². The van der Waals surface area contributed by atoms with E-state index >= 15 is 0 Å². The smallest absolute Gasteiger partial charge is 0.150 e. The normalized spacial score (nSPS) is 50.0. The van der Waals surface area contributed by atoms with E-state index in [0.717, 1.165) is 117 Å². The molecule has 2 saturated heterocycles. The van der Waals surface area contributed by atoms with E-state index < -0.39 is 11.2 Å². The summed E-state index contributed by atoms with van der Waals surface area (Å²) in [5.41, 5.74) is -0.306. The first kappa shape index (κ1) is 43.3. The zero-order valence-corrected chi connectivity index (χ0v) is 38.3. The minimum absolute atomic E-state index is 0.263. The van der Waals surface area contributed by atoms with Crippen LogP contribution < -0.4 is 5.32 Å². The zero-order chi connectivity index (χ0) is 40.2. The summed E-state index contributed by atoms with van der Waals surface area (Å²) in [4.78, 5) is 28.1. The van der Waals surface area contributed by atoms with Crippen LogP contribution >= 0.6 is 15.9 Å². The fourth-order valence-electron chi connectivity index (χ4n) is 17.2. The topological polar surface area (TPSA) is 89.9 Å². The average molecular weight is 856 g/mol. The molecule has 0 bridgehead atoms. The molecule has 2 heterocycles. The van der Waals surface area contributed by atoms with E-state index in [1.54, 1.807) is 0 Å². The van der Waals surface area contributed by atoms with Crippen LogP contribution in [0.25, 0.3) is 0 Å². The van der Waals surface area contributed by atoms with E-state index in [1.807, 2.05) is 6.92 Å². The quantitative estimate of drug-likeness (QED) is 0.239. The van der Waals surface area contributed by atoms with Gasteiger partial charge in [0.1, 0.15) is 11.6 Å². The Hall–Kier alpha value is -0.340. The highest BCUT2D eigenvalue weighted by Gasteiger charge is 2.60. The number of likely N-dealkylation sites (tertiary alicyclic amines) is 1. The molecule has 6 nitrogen and oxygen atoms in total. The number of nitrogens with zero attached hydrogens (tertiary/aromatic N) is 1. The molecule has 16 atom stereocenters. The van der Waals surface area contributed by atoms with Crippen LogP contribution in [0.2, 0.25) is 0 Å². The van der Waals surface area contributed by atoms with Gasteiger partial charge in [-0.05, 0) is 251 Å². The summed E-state index contributed by atoms with van der Waals surface area (Å²) in [5, 5.41) is 24.8. The Kier molecular flexibility index (Phi) is 13.2. The van der Waals surface area contributed by atoms with E-state index in [4.69, 9.17) is 0 Å². The van der Waals surface area contributed by atoms with E-state index in [0.29, 0.717) is 28.7 Å². The highest BCUT2D eigenvalue weighted by molar-refractivity contribution is 9.09. The molecule has 0 aromatic heterocycles. The van der Waals surface area contributed by atoms with Crippen molar-refractivity contribution in [1.82, 2.24) is 10.2 Å². The largest absolute Gasteiger partial charge is 0.390 e. The van der Waals surface area contributed by atoms with Crippen molar-refractivity contribution in [3.05, 3.63) is 0 Å². The molecule has 0 amide bonds. The second-order valence-corrected chi connectivity index (χ2v) is 23.8. The van der Waals surface area contributed by atoms with Gasteiger partial charge in [0.25, 0.3) is 0 Å². The number of hydrogen-bond acceptors (Lipinski definition) is 6. The van der Waals surface area contributed by atoms with Crippen molar-refractivity contribution in [1.29, 1.82) is 0 Å². The predicted molar refractivity (Wildman–Crippen MR) is 234 cm³/mol. The molecule has 57 heavy (non-hydrogen) atoms. The van der Waals surface area contributed by atoms with Crippen LogP contribution in [0, 0.1) is 81.8 Å². The molecule has 0 aromatic carbocycles. The summed E-state index contributed by atoms with van der Waals surface area (Å²) in [5.74, 6) is 9.83. The van der Waals surface area contributed by atoms with Gasteiger partial charge in [0, 0.05) is 11.8 Å². The number of carbonyl (C=O) groups is 2. The Morgan fingerprint density at radius 1 is 0.561 bits per heavy atom. The molecule has 10 aliphatic rings. The number of rotatable bonds is 5. The molecule has 0 unspecified atom stereocenters. The van der Waals surface area contributed by atoms with Crippen molar-refractivity contribution in [3.8, 4) is 0 Å². The Labute approximate surface area is 356 Å². The fourth-order valence-corrected chi connectivity index (χ4v) is 17.6. The third-order valence-corrected chi connectivity index (χ3v) is 20.5. The molecule has 10 fully saturated rings. The van der Waals surface area contributed by atoms with Crippen LogP contribution in [0.1, 0.15) is 169 Å². The van der Waals surface area contributed by atoms with Gasteiger partial charge in [-0.25, -0.2) is 0 Å². The molecule has 8 aliphatic carbocycles. The number of ketones is 2. The van der Waals surface area contributed by atoms with Gasteiger partial charge in [0.15, 0.2) is 0 Å². The lowest BCUT2D eigenvalue weighted by Gasteiger charge is -2.56. The van der Waals surface area contributed by atoms with Crippen molar-refractivity contribution in [2.75, 3.05) is 38.1 Å². The standard InChI is InChI=1S/C25H41NO2.C21H33BrO2.C4H9N/c1-24(28)11-9-18-17(15-24)5-6-20-19(18)10-12-25(2)21(20)7-8-22(25)23(27)16-26-13-3-4-14-26;1-20(24)9-7-14-13(11-20)3-4-16-15(14)8-10-21(2)17(16)5-6-18(21)19(23)12-22;1-2-4-5-3-1/h17-22,28H,3-16H2,1-2H3;13-18,24H,3-12H2,1-2H3;5H,1-4H2/t17-,18-,19+,20+,21-,22+,24+,25-;13-,14-,15+,16+,17-,18+,20+,21-;/m00./s1. The van der Waals surface area contributed by atoms with Gasteiger partial charge in [-0.3, -0.25) is 14.5 Å². The molecule has 2 aliphatic heterocycles. The molecule has 7 heteroatoms. The third kappa shape index (κ3) is 8.71. The summed E-state index contributed by atoms with van der Waals surface area (Å²) in [7, 11) is 0. The highest BCUT2D eigenvalue weighted by Crippen LogP contribution is 2.66. The number of alkyl halides is 1. The maximum Gasteiger partial charge on any atom is 0.150 e. The van der Waals surface area contributed by atoms with Crippen LogP contribution in [0.4, 0.5) is 0 Å². The van der Waals surface area contributed by atoms with Crippen LogP contribution in [0.15, 0.2) is 0 Å². The van der Waals surface area contributed by atoms with Crippen LogP contribution in [0.3, 0.4) is 0 Å². The van der Waals surface area contributed by atoms with Crippen LogP contribution in [-0.2, 0) is 9.59 Å². The number of aliphatic hydroxyl groups is 2. The van der Waals surface area contributed by atoms with E-state index in [2.05, 4.69) is 46.9 Å². The van der Waals surface area contributed by atoms with Crippen LogP contribution in [0.5, 0.6) is 0 Å². The van der Waals surface area contributed by atoms with Gasteiger partial charge >= 0.3 is 0 Å². The summed E-state index contributed by atoms with van der Waals surface area (Å²) < 4.78 is 0. The number of nitrogens with one attached hydrogen (secondary N) is 1. The molecular formula is C50H83BrN2O4. The summed E-state index contributed by atoms with van der Waals surface area (Å²) >= 11 is 3.42. The van der Waals surface area contributed by atoms with E-state index in [-0.39, 0.29) is 10.8 Å². The van der Waals surface area contributed by atoms with E-state index in [1.165, 1.54) is 116 Å². The molecule has 324 valence electrons. The molecular weight excluding hydrogens is 772 g/mol. The lowest BCUT2D eigenvalue weighted by Crippen LogP contribution is -2.51. The number of halogens is 1. The van der Waals surface area contributed by atoms with Gasteiger partial charge in [0.2, 0.25) is 0 Å². The Balaban J connectivity index is 0.000000143. The Morgan fingerprint density at radius 3 is 1.46 bits per heavy atom. The number of hydrogen-bond donors (Lipinski definition) is 3. The van der Waals surface area contributed by atoms with Crippen molar-refractivity contribution in [2.24, 2.45) is 81.8 Å². The van der Waals surface area contributed by atoms with Crippen molar-refractivity contribution < 1.29 is 19.8 Å². The number of Topliss-reactive ketones (excluding diaryl/α,β-unsaturated/α-hetero) is 2. The molecule has 0 spiro atoms. The minimum Gasteiger partial charge on any atom is -0.390 e. The zero-order valence-electron chi connectivity index (χ0n) is 36.8. The molecule has 3 N–H and O–H groups in total. The fraction of sp³-hybridized carbons (Fsp3) is 0.960. The Morgan fingerprint density at radius 2 is 1.02 bits per heavy atom. The number of fused-ring (bicyclic) bond motifs is 10. The number of carbonyl (C=O) groups excluding carboxylic acids is 2. The van der Waals surface area contributed by atoms with Gasteiger partial charge in [-0.1, -0.05) is 29.8 Å². The maximum atomic E-state index is 13.3. The second-order valence-electron chi connectivity index (χ2n) is 23.2. The molecule has 10 rings (SSSR count). The molecule has 8 saturated carbocycles. The lowest BCUT2D eigenvalue weighted by atomic mass is 9.49. The first-order valence-electron chi connectivity index (χ1n) is 24.7. The minimum atomic E-state index is -0.419. The van der Waals surface area contributed by atoms with Crippen LogP contribution in [-0.4, -0.2) is 75.9 Å². The average Bonchev–Trinajstić information content (AvgIpc) is 4.02.